The first-order valence-corrected chi connectivity index (χ1v) is 7.55. The van der Waals surface area contributed by atoms with E-state index in [0.717, 1.165) is 32.1 Å². The van der Waals surface area contributed by atoms with Crippen molar-refractivity contribution in [2.24, 2.45) is 5.41 Å². The number of rotatable bonds is 1. The molecule has 2 N–H and O–H groups in total. The van der Waals surface area contributed by atoms with Gasteiger partial charge in [-0.2, -0.15) is 0 Å². The van der Waals surface area contributed by atoms with E-state index < -0.39 is 5.60 Å². The maximum Gasteiger partial charge on any atom is 0.0851 e. The third-order valence-electron chi connectivity index (χ3n) is 5.12. The minimum Gasteiger partial charge on any atom is -0.388 e. The molecule has 0 saturated heterocycles. The topological polar surface area (TPSA) is 32.3 Å². The number of para-hydroxylation sites is 1. The Kier molecular flexibility index (Phi) is 3.09. The van der Waals surface area contributed by atoms with Gasteiger partial charge in [0.25, 0.3) is 0 Å². The summed E-state index contributed by atoms with van der Waals surface area (Å²) in [4.78, 5) is 0. The lowest BCUT2D eigenvalue weighted by Gasteiger charge is -2.34. The van der Waals surface area contributed by atoms with Crippen molar-refractivity contribution in [3.63, 3.8) is 0 Å². The molecule has 1 saturated carbocycles. The van der Waals surface area contributed by atoms with Crippen molar-refractivity contribution < 1.29 is 5.11 Å². The molecule has 1 aliphatic heterocycles. The first-order chi connectivity index (χ1) is 8.99. The van der Waals surface area contributed by atoms with Crippen LogP contribution in [0.2, 0.25) is 0 Å². The molecule has 2 heteroatoms. The molecular weight excluding hydrogens is 234 g/mol. The Bertz CT molecular complexity index is 443. The molecule has 2 atom stereocenters. The van der Waals surface area contributed by atoms with E-state index in [1.165, 1.54) is 17.7 Å². The molecule has 2 nitrogen and oxygen atoms in total. The van der Waals surface area contributed by atoms with Crippen LogP contribution in [-0.2, 0) is 6.42 Å². The van der Waals surface area contributed by atoms with E-state index in [1.54, 1.807) is 0 Å². The van der Waals surface area contributed by atoms with Crippen LogP contribution in [0.5, 0.6) is 0 Å². The highest BCUT2D eigenvalue weighted by molar-refractivity contribution is 5.57. The van der Waals surface area contributed by atoms with Gasteiger partial charge in [0.1, 0.15) is 0 Å². The minimum atomic E-state index is -0.535. The monoisotopic (exact) mass is 259 g/mol. The molecule has 1 fully saturated rings. The molecule has 104 valence electrons. The van der Waals surface area contributed by atoms with Crippen LogP contribution in [0, 0.1) is 5.41 Å². The van der Waals surface area contributed by atoms with E-state index in [4.69, 9.17) is 0 Å². The Balaban J connectivity index is 1.76. The van der Waals surface area contributed by atoms with Crippen LogP contribution in [0.15, 0.2) is 24.3 Å². The van der Waals surface area contributed by atoms with Crippen molar-refractivity contribution >= 4 is 5.69 Å². The van der Waals surface area contributed by atoms with E-state index in [1.807, 2.05) is 0 Å². The smallest absolute Gasteiger partial charge is 0.0851 e. The first kappa shape index (κ1) is 13.0. The van der Waals surface area contributed by atoms with Crippen LogP contribution in [0.3, 0.4) is 0 Å². The fourth-order valence-electron chi connectivity index (χ4n) is 3.65. The van der Waals surface area contributed by atoms with Crippen LogP contribution in [0.1, 0.15) is 51.5 Å². The number of anilines is 1. The van der Waals surface area contributed by atoms with Crippen molar-refractivity contribution in [1.29, 1.82) is 0 Å². The summed E-state index contributed by atoms with van der Waals surface area (Å²) >= 11 is 0. The van der Waals surface area contributed by atoms with Gasteiger partial charge >= 0.3 is 0 Å². The van der Waals surface area contributed by atoms with Gasteiger partial charge < -0.3 is 10.4 Å². The average molecular weight is 259 g/mol. The molecule has 2 aliphatic rings. The lowest BCUT2D eigenvalue weighted by atomic mass is 9.82. The second kappa shape index (κ2) is 4.52. The predicted octanol–water partition coefficient (Wildman–Crippen LogP) is 3.74. The van der Waals surface area contributed by atoms with Gasteiger partial charge in [-0.3, -0.25) is 0 Å². The second-order valence-corrected chi connectivity index (χ2v) is 7.18. The first-order valence-electron chi connectivity index (χ1n) is 7.55. The van der Waals surface area contributed by atoms with Gasteiger partial charge in [-0.05, 0) is 55.6 Å². The molecule has 1 aromatic carbocycles. The van der Waals surface area contributed by atoms with E-state index in [-0.39, 0.29) is 6.04 Å². The third-order valence-corrected chi connectivity index (χ3v) is 5.12. The van der Waals surface area contributed by atoms with Crippen LogP contribution in [-0.4, -0.2) is 16.7 Å². The SMILES string of the molecule is CC1(C)CCCC(O)(C2Cc3ccccc3N2)CC1. The number of fused-ring (bicyclic) bond motifs is 1. The van der Waals surface area contributed by atoms with E-state index in [2.05, 4.69) is 43.4 Å². The number of nitrogens with one attached hydrogen (secondary N) is 1. The van der Waals surface area contributed by atoms with Crippen molar-refractivity contribution in [3.8, 4) is 0 Å². The molecule has 0 spiro atoms. The molecule has 0 bridgehead atoms. The van der Waals surface area contributed by atoms with Crippen LogP contribution in [0.25, 0.3) is 0 Å². The fraction of sp³-hybridized carbons (Fsp3) is 0.647. The van der Waals surface area contributed by atoms with Gasteiger partial charge in [-0.1, -0.05) is 32.0 Å². The number of benzene rings is 1. The highest BCUT2D eigenvalue weighted by Gasteiger charge is 2.42. The average Bonchev–Trinajstić information content (AvgIpc) is 2.75. The van der Waals surface area contributed by atoms with Crippen molar-refractivity contribution in [2.45, 2.75) is 64.0 Å². The summed E-state index contributed by atoms with van der Waals surface area (Å²) in [5.74, 6) is 0. The zero-order valence-corrected chi connectivity index (χ0v) is 12.1. The fourth-order valence-corrected chi connectivity index (χ4v) is 3.65. The van der Waals surface area contributed by atoms with Crippen molar-refractivity contribution in [2.75, 3.05) is 5.32 Å². The summed E-state index contributed by atoms with van der Waals surface area (Å²) in [5, 5.41) is 14.6. The molecule has 19 heavy (non-hydrogen) atoms. The van der Waals surface area contributed by atoms with Crippen molar-refractivity contribution in [1.82, 2.24) is 0 Å². The number of hydrogen-bond acceptors (Lipinski definition) is 2. The Morgan fingerprint density at radius 1 is 1.11 bits per heavy atom. The normalized spacial score (nSPS) is 33.3. The van der Waals surface area contributed by atoms with E-state index in [0.29, 0.717) is 5.41 Å². The summed E-state index contributed by atoms with van der Waals surface area (Å²) in [6.45, 7) is 4.66. The number of aliphatic hydroxyl groups is 1. The predicted molar refractivity (Wildman–Crippen MR) is 79.4 cm³/mol. The molecule has 3 rings (SSSR count). The van der Waals surface area contributed by atoms with Gasteiger partial charge in [0.15, 0.2) is 0 Å². The van der Waals surface area contributed by atoms with Gasteiger partial charge in [-0.15, -0.1) is 0 Å². The largest absolute Gasteiger partial charge is 0.388 e. The maximum absolute atomic E-state index is 11.1. The molecule has 0 amide bonds. The zero-order chi connectivity index (χ0) is 13.5. The Morgan fingerprint density at radius 3 is 2.68 bits per heavy atom. The Labute approximate surface area is 116 Å². The van der Waals surface area contributed by atoms with Gasteiger partial charge in [-0.25, -0.2) is 0 Å². The quantitative estimate of drug-likeness (QED) is 0.753. The molecule has 0 radical (unpaired) electrons. The highest BCUT2D eigenvalue weighted by Crippen LogP contribution is 2.42. The molecule has 1 aromatic rings. The summed E-state index contributed by atoms with van der Waals surface area (Å²) < 4.78 is 0. The summed E-state index contributed by atoms with van der Waals surface area (Å²) in [7, 11) is 0. The second-order valence-electron chi connectivity index (χ2n) is 7.18. The third kappa shape index (κ3) is 2.51. The molecule has 1 aliphatic carbocycles. The minimum absolute atomic E-state index is 0.193. The zero-order valence-electron chi connectivity index (χ0n) is 12.1. The van der Waals surface area contributed by atoms with Gasteiger partial charge in [0, 0.05) is 5.69 Å². The Hall–Kier alpha value is -1.02. The molecule has 1 heterocycles. The highest BCUT2D eigenvalue weighted by atomic mass is 16.3. The van der Waals surface area contributed by atoms with Gasteiger partial charge in [0.05, 0.1) is 11.6 Å². The number of hydrogen-bond donors (Lipinski definition) is 2. The maximum atomic E-state index is 11.1. The summed E-state index contributed by atoms with van der Waals surface area (Å²) in [6, 6.07) is 8.64. The van der Waals surface area contributed by atoms with Crippen LogP contribution in [0.4, 0.5) is 5.69 Å². The van der Waals surface area contributed by atoms with Gasteiger partial charge in [0.2, 0.25) is 0 Å². The summed E-state index contributed by atoms with van der Waals surface area (Å²) in [6.07, 6.45) is 6.31. The lowest BCUT2D eigenvalue weighted by Crippen LogP contribution is -2.45. The standard InChI is InChI=1S/C17H25NO/c1-16(2)8-5-9-17(19,11-10-16)15-12-13-6-3-4-7-14(13)18-15/h3-4,6-7,15,18-19H,5,8-12H2,1-2H3. The van der Waals surface area contributed by atoms with E-state index >= 15 is 0 Å². The molecule has 2 unspecified atom stereocenters. The van der Waals surface area contributed by atoms with E-state index in [9.17, 15) is 5.11 Å². The molecule has 0 aromatic heterocycles. The lowest BCUT2D eigenvalue weighted by molar-refractivity contribution is 0.00552. The van der Waals surface area contributed by atoms with Crippen LogP contribution < -0.4 is 5.32 Å². The summed E-state index contributed by atoms with van der Waals surface area (Å²) in [5.41, 5.74) is 2.41. The molecular formula is C17H25NO. The van der Waals surface area contributed by atoms with Crippen molar-refractivity contribution in [3.05, 3.63) is 29.8 Å². The Morgan fingerprint density at radius 2 is 1.89 bits per heavy atom. The van der Waals surface area contributed by atoms with Crippen LogP contribution >= 0.6 is 0 Å².